The summed E-state index contributed by atoms with van der Waals surface area (Å²) in [5.74, 6) is -1.49. The number of carbonyl (C=O) groups excluding carboxylic acids is 1. The lowest BCUT2D eigenvalue weighted by Gasteiger charge is -2.13. The molecule has 28 heavy (non-hydrogen) atoms. The molecule has 0 radical (unpaired) electrons. The van der Waals surface area contributed by atoms with Crippen molar-refractivity contribution in [1.29, 1.82) is 0 Å². The van der Waals surface area contributed by atoms with Crippen molar-refractivity contribution in [2.75, 3.05) is 6.54 Å². The summed E-state index contributed by atoms with van der Waals surface area (Å²) in [6.45, 7) is 0.415. The number of pyridine rings is 1. The van der Waals surface area contributed by atoms with Gasteiger partial charge in [-0.25, -0.2) is 0 Å². The average Bonchev–Trinajstić information content (AvgIpc) is 2.70. The fourth-order valence-electron chi connectivity index (χ4n) is 3.12. The van der Waals surface area contributed by atoms with Crippen molar-refractivity contribution in [2.24, 2.45) is 5.92 Å². The predicted molar refractivity (Wildman–Crippen MR) is 110 cm³/mol. The molecular weight excluding hydrogens is 376 g/mol. The fraction of sp³-hybridized carbons (Fsp3) is 0.227. The van der Waals surface area contributed by atoms with Crippen LogP contribution < -0.4 is 5.32 Å². The lowest BCUT2D eigenvalue weighted by Crippen LogP contribution is -2.26. The topological polar surface area (TPSA) is 79.3 Å². The molecule has 0 saturated carbocycles. The normalized spacial score (nSPS) is 11.9. The van der Waals surface area contributed by atoms with Gasteiger partial charge in [-0.2, -0.15) is 0 Å². The van der Waals surface area contributed by atoms with Crippen LogP contribution >= 0.6 is 11.6 Å². The van der Waals surface area contributed by atoms with E-state index >= 15 is 0 Å². The Morgan fingerprint density at radius 3 is 2.64 bits per heavy atom. The summed E-state index contributed by atoms with van der Waals surface area (Å²) >= 11 is 6.12. The first-order valence-electron chi connectivity index (χ1n) is 9.14. The lowest BCUT2D eigenvalue weighted by molar-refractivity contribution is -0.141. The van der Waals surface area contributed by atoms with E-state index in [2.05, 4.69) is 10.3 Å². The second-order valence-corrected chi connectivity index (χ2v) is 7.05. The molecular formula is C22H21ClN2O3. The molecule has 0 saturated heterocycles. The summed E-state index contributed by atoms with van der Waals surface area (Å²) in [5, 5.41) is 13.7. The van der Waals surface area contributed by atoms with Crippen LogP contribution in [0.3, 0.4) is 0 Å². The van der Waals surface area contributed by atoms with Gasteiger partial charge in [-0.1, -0.05) is 48.0 Å². The summed E-state index contributed by atoms with van der Waals surface area (Å²) in [6.07, 6.45) is 3.18. The highest BCUT2D eigenvalue weighted by atomic mass is 35.5. The Morgan fingerprint density at radius 1 is 1.11 bits per heavy atom. The molecule has 0 aliphatic rings. The van der Waals surface area contributed by atoms with Gasteiger partial charge >= 0.3 is 5.97 Å². The Balaban J connectivity index is 1.52. The van der Waals surface area contributed by atoms with Gasteiger partial charge in [-0.3, -0.25) is 14.6 Å². The van der Waals surface area contributed by atoms with E-state index in [4.69, 9.17) is 11.6 Å². The average molecular weight is 397 g/mol. The van der Waals surface area contributed by atoms with Crippen molar-refractivity contribution in [3.05, 3.63) is 76.9 Å². The van der Waals surface area contributed by atoms with Crippen LogP contribution in [0.25, 0.3) is 10.9 Å². The van der Waals surface area contributed by atoms with Gasteiger partial charge < -0.3 is 10.4 Å². The molecule has 144 valence electrons. The van der Waals surface area contributed by atoms with E-state index in [-0.39, 0.29) is 5.91 Å². The van der Waals surface area contributed by atoms with Gasteiger partial charge in [-0.05, 0) is 43.0 Å². The minimum absolute atomic E-state index is 0.210. The van der Waals surface area contributed by atoms with Crippen LogP contribution in [0.5, 0.6) is 0 Å². The first kappa shape index (κ1) is 19.8. The van der Waals surface area contributed by atoms with Crippen LogP contribution in [0, 0.1) is 5.92 Å². The molecule has 1 unspecified atom stereocenters. The van der Waals surface area contributed by atoms with E-state index in [1.54, 1.807) is 30.5 Å². The quantitative estimate of drug-likeness (QED) is 0.555. The van der Waals surface area contributed by atoms with E-state index in [1.165, 1.54) is 0 Å². The molecule has 3 rings (SSSR count). The molecule has 2 N–H and O–H groups in total. The number of fused-ring (bicyclic) bond motifs is 1. The third-order valence-electron chi connectivity index (χ3n) is 4.64. The Morgan fingerprint density at radius 2 is 1.89 bits per heavy atom. The third kappa shape index (κ3) is 5.08. The zero-order chi connectivity index (χ0) is 19.9. The monoisotopic (exact) mass is 396 g/mol. The van der Waals surface area contributed by atoms with Crippen molar-refractivity contribution in [3.8, 4) is 0 Å². The number of nitrogens with one attached hydrogen (secondary N) is 1. The van der Waals surface area contributed by atoms with Gasteiger partial charge in [0.1, 0.15) is 0 Å². The molecule has 1 aromatic heterocycles. The SMILES string of the molecule is O=C(NCCCC(Cc1ccccc1)C(=O)O)c1ccc2c(Cl)ccnc2c1. The van der Waals surface area contributed by atoms with E-state index in [1.807, 2.05) is 30.3 Å². The number of carbonyl (C=O) groups is 2. The predicted octanol–water partition coefficient (Wildman–Crippen LogP) is 4.34. The van der Waals surface area contributed by atoms with Crippen LogP contribution in [-0.4, -0.2) is 28.5 Å². The first-order valence-corrected chi connectivity index (χ1v) is 9.51. The standard InChI is InChI=1S/C22H21ClN2O3/c23-19-10-12-24-20-14-16(8-9-18(19)20)21(26)25-11-4-7-17(22(27)28)13-15-5-2-1-3-6-15/h1-3,5-6,8-10,12,14,17H,4,7,11,13H2,(H,25,26)(H,27,28). The number of rotatable bonds is 8. The maximum Gasteiger partial charge on any atom is 0.306 e. The van der Waals surface area contributed by atoms with E-state index in [0.29, 0.717) is 41.9 Å². The molecule has 0 spiro atoms. The lowest BCUT2D eigenvalue weighted by atomic mass is 9.95. The zero-order valence-corrected chi connectivity index (χ0v) is 16.0. The molecule has 1 atom stereocenters. The first-order chi connectivity index (χ1) is 13.5. The molecule has 5 nitrogen and oxygen atoms in total. The molecule has 1 heterocycles. The number of amides is 1. The Kier molecular flexibility index (Phi) is 6.61. The second-order valence-electron chi connectivity index (χ2n) is 6.65. The number of carboxylic acid groups (broad SMARTS) is 1. The Hall–Kier alpha value is -2.92. The van der Waals surface area contributed by atoms with Crippen LogP contribution in [0.4, 0.5) is 0 Å². The summed E-state index contributed by atoms with van der Waals surface area (Å²) in [7, 11) is 0. The highest BCUT2D eigenvalue weighted by Crippen LogP contribution is 2.22. The third-order valence-corrected chi connectivity index (χ3v) is 4.97. The van der Waals surface area contributed by atoms with E-state index < -0.39 is 11.9 Å². The number of hydrogen-bond acceptors (Lipinski definition) is 3. The van der Waals surface area contributed by atoms with Gasteiger partial charge in [0.05, 0.1) is 16.5 Å². The van der Waals surface area contributed by atoms with Crippen molar-refractivity contribution < 1.29 is 14.7 Å². The summed E-state index contributed by atoms with van der Waals surface area (Å²) in [6, 6.07) is 16.5. The Labute approximate surface area is 168 Å². The summed E-state index contributed by atoms with van der Waals surface area (Å²) < 4.78 is 0. The largest absolute Gasteiger partial charge is 0.481 e. The number of halogens is 1. The molecule has 6 heteroatoms. The van der Waals surface area contributed by atoms with Crippen LogP contribution in [0.1, 0.15) is 28.8 Å². The van der Waals surface area contributed by atoms with Crippen molar-refractivity contribution >= 4 is 34.4 Å². The minimum Gasteiger partial charge on any atom is -0.481 e. The van der Waals surface area contributed by atoms with E-state index in [0.717, 1.165) is 10.9 Å². The summed E-state index contributed by atoms with van der Waals surface area (Å²) in [4.78, 5) is 28.1. The molecule has 0 fully saturated rings. The summed E-state index contributed by atoms with van der Waals surface area (Å²) in [5.41, 5.74) is 2.16. The number of hydrogen-bond donors (Lipinski definition) is 2. The fourth-order valence-corrected chi connectivity index (χ4v) is 3.33. The van der Waals surface area contributed by atoms with Crippen LogP contribution in [-0.2, 0) is 11.2 Å². The van der Waals surface area contributed by atoms with Gasteiger partial charge in [0.15, 0.2) is 0 Å². The smallest absolute Gasteiger partial charge is 0.306 e. The van der Waals surface area contributed by atoms with Crippen molar-refractivity contribution in [1.82, 2.24) is 10.3 Å². The molecule has 0 bridgehead atoms. The number of aromatic nitrogens is 1. The molecule has 0 aliphatic heterocycles. The zero-order valence-electron chi connectivity index (χ0n) is 15.3. The number of aliphatic carboxylic acids is 1. The van der Waals surface area contributed by atoms with Gasteiger partial charge in [0, 0.05) is 23.7 Å². The number of benzene rings is 2. The van der Waals surface area contributed by atoms with Gasteiger partial charge in [0.25, 0.3) is 5.91 Å². The van der Waals surface area contributed by atoms with Crippen LogP contribution in [0.15, 0.2) is 60.8 Å². The van der Waals surface area contributed by atoms with Gasteiger partial charge in [-0.15, -0.1) is 0 Å². The number of carboxylic acids is 1. The van der Waals surface area contributed by atoms with E-state index in [9.17, 15) is 14.7 Å². The highest BCUT2D eigenvalue weighted by Gasteiger charge is 2.17. The second kappa shape index (κ2) is 9.33. The van der Waals surface area contributed by atoms with Crippen LogP contribution in [0.2, 0.25) is 5.02 Å². The number of nitrogens with zero attached hydrogens (tertiary/aromatic N) is 1. The molecule has 2 aromatic carbocycles. The highest BCUT2D eigenvalue weighted by molar-refractivity contribution is 6.35. The minimum atomic E-state index is -0.812. The molecule has 1 amide bonds. The maximum atomic E-state index is 12.4. The maximum absolute atomic E-state index is 12.4. The van der Waals surface area contributed by atoms with Crippen molar-refractivity contribution in [2.45, 2.75) is 19.3 Å². The van der Waals surface area contributed by atoms with Crippen molar-refractivity contribution in [3.63, 3.8) is 0 Å². The molecule has 0 aliphatic carbocycles. The molecule has 3 aromatic rings. The Bertz CT molecular complexity index is 976. The van der Waals surface area contributed by atoms with Gasteiger partial charge in [0.2, 0.25) is 0 Å².